The van der Waals surface area contributed by atoms with Gasteiger partial charge in [-0.3, -0.25) is 4.90 Å². The molecule has 16 heavy (non-hydrogen) atoms. The lowest BCUT2D eigenvalue weighted by molar-refractivity contribution is 0.107. The van der Waals surface area contributed by atoms with E-state index in [1.807, 2.05) is 0 Å². The van der Waals surface area contributed by atoms with Crippen LogP contribution in [0.2, 0.25) is 0 Å². The first-order valence-corrected chi connectivity index (χ1v) is 6.57. The molecule has 0 aromatic carbocycles. The fraction of sp³-hybridized carbons (Fsp3) is 1.00. The van der Waals surface area contributed by atoms with Crippen molar-refractivity contribution in [3.8, 4) is 0 Å². The molecule has 1 atom stereocenters. The Bertz CT molecular complexity index is 206. The molecule has 1 N–H and O–H groups in total. The van der Waals surface area contributed by atoms with Crippen LogP contribution in [0.1, 0.15) is 40.0 Å². The number of hydrogen-bond donors (Lipinski definition) is 1. The summed E-state index contributed by atoms with van der Waals surface area (Å²) in [5, 5.41) is 9.13. The standard InChI is InChI=1S/C13H28N2O/c1-5-8-15-11-12(6-10-16)14(4)9-7-13(15,2)3/h12,16H,5-11H2,1-4H3. The first kappa shape index (κ1) is 13.9. The minimum absolute atomic E-state index is 0.300. The van der Waals surface area contributed by atoms with Gasteiger partial charge in [0.25, 0.3) is 0 Å². The van der Waals surface area contributed by atoms with Gasteiger partial charge in [-0.25, -0.2) is 0 Å². The number of aliphatic hydroxyl groups is 1. The Balaban J connectivity index is 2.71. The van der Waals surface area contributed by atoms with Crippen molar-refractivity contribution in [2.75, 3.05) is 33.3 Å². The van der Waals surface area contributed by atoms with E-state index >= 15 is 0 Å². The lowest BCUT2D eigenvalue weighted by Gasteiger charge is -2.37. The molecule has 1 rings (SSSR count). The van der Waals surface area contributed by atoms with Gasteiger partial charge in [-0.05, 0) is 53.2 Å². The van der Waals surface area contributed by atoms with Crippen LogP contribution in [0, 0.1) is 0 Å². The minimum atomic E-state index is 0.300. The van der Waals surface area contributed by atoms with Crippen LogP contribution in [0.15, 0.2) is 0 Å². The third-order valence-electron chi connectivity index (χ3n) is 3.94. The second kappa shape index (κ2) is 5.99. The minimum Gasteiger partial charge on any atom is -0.396 e. The summed E-state index contributed by atoms with van der Waals surface area (Å²) in [4.78, 5) is 5.00. The van der Waals surface area contributed by atoms with Crippen LogP contribution in [-0.4, -0.2) is 59.8 Å². The second-order valence-corrected chi connectivity index (χ2v) is 5.66. The molecule has 0 amide bonds. The van der Waals surface area contributed by atoms with Crippen LogP contribution in [0.25, 0.3) is 0 Å². The number of rotatable bonds is 4. The maximum Gasteiger partial charge on any atom is 0.0446 e. The molecule has 0 bridgehead atoms. The van der Waals surface area contributed by atoms with E-state index in [1.54, 1.807) is 0 Å². The third kappa shape index (κ3) is 3.44. The van der Waals surface area contributed by atoms with Crippen LogP contribution in [0.3, 0.4) is 0 Å². The van der Waals surface area contributed by atoms with Crippen LogP contribution in [0.5, 0.6) is 0 Å². The van der Waals surface area contributed by atoms with Crippen LogP contribution in [-0.2, 0) is 0 Å². The van der Waals surface area contributed by atoms with Gasteiger partial charge in [-0.2, -0.15) is 0 Å². The highest BCUT2D eigenvalue weighted by atomic mass is 16.3. The van der Waals surface area contributed by atoms with Crippen molar-refractivity contribution < 1.29 is 5.11 Å². The van der Waals surface area contributed by atoms with Gasteiger partial charge in [0.15, 0.2) is 0 Å². The number of likely N-dealkylation sites (N-methyl/N-ethyl adjacent to an activating group) is 1. The van der Waals surface area contributed by atoms with Gasteiger partial charge in [0.1, 0.15) is 0 Å². The summed E-state index contributed by atoms with van der Waals surface area (Å²) < 4.78 is 0. The molecule has 1 fully saturated rings. The molecule has 0 saturated carbocycles. The molecule has 0 aromatic heterocycles. The fourth-order valence-electron chi connectivity index (χ4n) is 2.56. The molecule has 1 saturated heterocycles. The van der Waals surface area contributed by atoms with Gasteiger partial charge in [0.05, 0.1) is 0 Å². The van der Waals surface area contributed by atoms with E-state index in [0.29, 0.717) is 18.2 Å². The Kier molecular flexibility index (Phi) is 5.22. The molecule has 96 valence electrons. The summed E-state index contributed by atoms with van der Waals surface area (Å²) in [5.41, 5.74) is 0.300. The van der Waals surface area contributed by atoms with Crippen LogP contribution >= 0.6 is 0 Å². The van der Waals surface area contributed by atoms with Crippen molar-refractivity contribution >= 4 is 0 Å². The van der Waals surface area contributed by atoms with Crippen molar-refractivity contribution in [1.82, 2.24) is 9.80 Å². The first-order chi connectivity index (χ1) is 7.51. The Hall–Kier alpha value is -0.120. The predicted octanol–water partition coefficient (Wildman–Crippen LogP) is 1.56. The van der Waals surface area contributed by atoms with Crippen molar-refractivity contribution in [2.24, 2.45) is 0 Å². The molecule has 0 radical (unpaired) electrons. The van der Waals surface area contributed by atoms with Gasteiger partial charge >= 0.3 is 0 Å². The van der Waals surface area contributed by atoms with Crippen LogP contribution in [0.4, 0.5) is 0 Å². The van der Waals surface area contributed by atoms with Crippen molar-refractivity contribution in [3.05, 3.63) is 0 Å². The summed E-state index contributed by atoms with van der Waals surface area (Å²) in [6.07, 6.45) is 3.32. The molecule has 3 nitrogen and oxygen atoms in total. The number of nitrogens with zero attached hydrogens (tertiary/aromatic N) is 2. The summed E-state index contributed by atoms with van der Waals surface area (Å²) in [5.74, 6) is 0. The summed E-state index contributed by atoms with van der Waals surface area (Å²) >= 11 is 0. The quantitative estimate of drug-likeness (QED) is 0.791. The molecule has 3 heteroatoms. The highest BCUT2D eigenvalue weighted by Gasteiger charge is 2.32. The topological polar surface area (TPSA) is 26.7 Å². The van der Waals surface area contributed by atoms with Crippen molar-refractivity contribution in [2.45, 2.75) is 51.6 Å². The zero-order chi connectivity index (χ0) is 12.2. The number of hydrogen-bond acceptors (Lipinski definition) is 3. The van der Waals surface area contributed by atoms with Crippen LogP contribution < -0.4 is 0 Å². The average Bonchev–Trinajstić information content (AvgIpc) is 2.32. The molecule has 1 unspecified atom stereocenters. The van der Waals surface area contributed by atoms with Gasteiger partial charge in [0.2, 0.25) is 0 Å². The highest BCUT2D eigenvalue weighted by Crippen LogP contribution is 2.25. The summed E-state index contributed by atoms with van der Waals surface area (Å²) in [6, 6.07) is 0.512. The Morgan fingerprint density at radius 1 is 1.38 bits per heavy atom. The maximum atomic E-state index is 9.13. The summed E-state index contributed by atoms with van der Waals surface area (Å²) in [7, 11) is 2.19. The molecule has 1 aliphatic rings. The van der Waals surface area contributed by atoms with E-state index in [2.05, 4.69) is 37.6 Å². The van der Waals surface area contributed by atoms with E-state index in [0.717, 1.165) is 19.5 Å². The first-order valence-electron chi connectivity index (χ1n) is 6.57. The van der Waals surface area contributed by atoms with Gasteiger partial charge < -0.3 is 10.0 Å². The molecule has 0 spiro atoms. The highest BCUT2D eigenvalue weighted by molar-refractivity contribution is 4.89. The Morgan fingerprint density at radius 2 is 2.06 bits per heavy atom. The molecular formula is C13H28N2O. The van der Waals surface area contributed by atoms with Gasteiger partial charge in [-0.1, -0.05) is 6.92 Å². The molecule has 1 aliphatic heterocycles. The largest absolute Gasteiger partial charge is 0.396 e. The lowest BCUT2D eigenvalue weighted by atomic mass is 9.98. The molecule has 0 aliphatic carbocycles. The Morgan fingerprint density at radius 3 is 2.62 bits per heavy atom. The smallest absolute Gasteiger partial charge is 0.0446 e. The number of aliphatic hydroxyl groups excluding tert-OH is 1. The summed E-state index contributed by atoms with van der Waals surface area (Å²) in [6.45, 7) is 10.6. The van der Waals surface area contributed by atoms with Gasteiger partial charge in [-0.15, -0.1) is 0 Å². The fourth-order valence-corrected chi connectivity index (χ4v) is 2.56. The van der Waals surface area contributed by atoms with Crippen molar-refractivity contribution in [1.29, 1.82) is 0 Å². The maximum absolute atomic E-state index is 9.13. The normalized spacial score (nSPS) is 27.9. The van der Waals surface area contributed by atoms with E-state index in [-0.39, 0.29) is 0 Å². The molecule has 1 heterocycles. The zero-order valence-electron chi connectivity index (χ0n) is 11.4. The van der Waals surface area contributed by atoms with E-state index in [4.69, 9.17) is 5.11 Å². The molecule has 0 aromatic rings. The van der Waals surface area contributed by atoms with E-state index in [1.165, 1.54) is 19.4 Å². The van der Waals surface area contributed by atoms with E-state index < -0.39 is 0 Å². The lowest BCUT2D eigenvalue weighted by Crippen LogP contribution is -2.47. The third-order valence-corrected chi connectivity index (χ3v) is 3.94. The second-order valence-electron chi connectivity index (χ2n) is 5.66. The monoisotopic (exact) mass is 228 g/mol. The average molecular weight is 228 g/mol. The Labute approximate surface area is 100 Å². The molecular weight excluding hydrogens is 200 g/mol. The predicted molar refractivity (Wildman–Crippen MR) is 68.7 cm³/mol. The van der Waals surface area contributed by atoms with E-state index in [9.17, 15) is 0 Å². The van der Waals surface area contributed by atoms with Crippen molar-refractivity contribution in [3.63, 3.8) is 0 Å². The SMILES string of the molecule is CCCN1CC(CCO)N(C)CCC1(C)C. The zero-order valence-corrected chi connectivity index (χ0v) is 11.4. The van der Waals surface area contributed by atoms with Gasteiger partial charge in [0, 0.05) is 24.7 Å².